The van der Waals surface area contributed by atoms with Crippen LogP contribution in [0.25, 0.3) is 0 Å². The van der Waals surface area contributed by atoms with Crippen LogP contribution in [0.3, 0.4) is 0 Å². The molecule has 2 amide bonds. The Bertz CT molecular complexity index is 580. The molecule has 1 heterocycles. The minimum Gasteiger partial charge on any atom is -0.396 e. The van der Waals surface area contributed by atoms with Gasteiger partial charge in [0.15, 0.2) is 0 Å². The molecule has 1 saturated heterocycles. The van der Waals surface area contributed by atoms with Gasteiger partial charge in [0.2, 0.25) is 11.8 Å². The van der Waals surface area contributed by atoms with Crippen LogP contribution in [-0.2, 0) is 9.59 Å². The molecule has 1 aromatic carbocycles. The second-order valence-electron chi connectivity index (χ2n) is 5.42. The third-order valence-electron chi connectivity index (χ3n) is 3.65. The van der Waals surface area contributed by atoms with Gasteiger partial charge in [0, 0.05) is 31.7 Å². The maximum atomic E-state index is 13.8. The Morgan fingerprint density at radius 2 is 2.23 bits per heavy atom. The number of anilines is 1. The zero-order valence-corrected chi connectivity index (χ0v) is 12.2. The molecule has 1 aliphatic heterocycles. The summed E-state index contributed by atoms with van der Waals surface area (Å²) in [7, 11) is 0. The normalized spacial score (nSPS) is 19.4. The molecule has 2 unspecified atom stereocenters. The molecular weight excluding hydrogens is 294 g/mol. The molecule has 120 valence electrons. The highest BCUT2D eigenvalue weighted by atomic mass is 19.1. The zero-order chi connectivity index (χ0) is 16.3. The van der Waals surface area contributed by atoms with Crippen LogP contribution in [0.5, 0.6) is 0 Å². The maximum absolute atomic E-state index is 13.8. The van der Waals surface area contributed by atoms with Crippen LogP contribution in [0.4, 0.5) is 14.5 Å². The molecule has 2 rings (SSSR count). The third kappa shape index (κ3) is 3.59. The van der Waals surface area contributed by atoms with E-state index in [-0.39, 0.29) is 43.1 Å². The van der Waals surface area contributed by atoms with Crippen molar-refractivity contribution in [1.82, 2.24) is 5.32 Å². The van der Waals surface area contributed by atoms with Crippen LogP contribution in [-0.4, -0.2) is 36.1 Å². The predicted molar refractivity (Wildman–Crippen MR) is 76.1 cm³/mol. The SMILES string of the molecule is CC(CCO)NC(=O)C1CC(=O)N(c2ccc(F)cc2F)C1. The van der Waals surface area contributed by atoms with Crippen LogP contribution >= 0.6 is 0 Å². The first-order valence-corrected chi connectivity index (χ1v) is 7.09. The Hall–Kier alpha value is -2.02. The molecule has 0 bridgehead atoms. The molecule has 0 aliphatic carbocycles. The number of hydrogen-bond donors (Lipinski definition) is 2. The van der Waals surface area contributed by atoms with Crippen molar-refractivity contribution in [2.45, 2.75) is 25.8 Å². The van der Waals surface area contributed by atoms with Gasteiger partial charge in [-0.25, -0.2) is 8.78 Å². The molecule has 22 heavy (non-hydrogen) atoms. The van der Waals surface area contributed by atoms with Gasteiger partial charge >= 0.3 is 0 Å². The number of aliphatic hydroxyl groups is 1. The van der Waals surface area contributed by atoms with Crippen molar-refractivity contribution < 1.29 is 23.5 Å². The van der Waals surface area contributed by atoms with Crippen LogP contribution in [0, 0.1) is 17.6 Å². The molecule has 7 heteroatoms. The number of halogens is 2. The molecule has 1 fully saturated rings. The number of benzene rings is 1. The summed E-state index contributed by atoms with van der Waals surface area (Å²) < 4.78 is 26.7. The van der Waals surface area contributed by atoms with E-state index in [4.69, 9.17) is 5.11 Å². The number of rotatable bonds is 5. The number of aliphatic hydroxyl groups excluding tert-OH is 1. The molecular formula is C15H18F2N2O3. The van der Waals surface area contributed by atoms with Gasteiger partial charge < -0.3 is 15.3 Å². The van der Waals surface area contributed by atoms with Crippen molar-refractivity contribution in [3.8, 4) is 0 Å². The molecule has 2 N–H and O–H groups in total. The molecule has 2 atom stereocenters. The Kier molecular flexibility index (Phi) is 5.07. The summed E-state index contributed by atoms with van der Waals surface area (Å²) in [5.41, 5.74) is -0.0230. The van der Waals surface area contributed by atoms with Gasteiger partial charge in [-0.2, -0.15) is 0 Å². The fourth-order valence-corrected chi connectivity index (χ4v) is 2.44. The summed E-state index contributed by atoms with van der Waals surface area (Å²) in [6.07, 6.45) is 0.400. The third-order valence-corrected chi connectivity index (χ3v) is 3.65. The first-order valence-electron chi connectivity index (χ1n) is 7.09. The van der Waals surface area contributed by atoms with E-state index in [1.54, 1.807) is 6.92 Å². The van der Waals surface area contributed by atoms with Crippen LogP contribution in [0.2, 0.25) is 0 Å². The smallest absolute Gasteiger partial charge is 0.227 e. The van der Waals surface area contributed by atoms with E-state index in [9.17, 15) is 18.4 Å². The largest absolute Gasteiger partial charge is 0.396 e. The van der Waals surface area contributed by atoms with Gasteiger partial charge in [0.25, 0.3) is 0 Å². The minimum atomic E-state index is -0.831. The average Bonchev–Trinajstić information content (AvgIpc) is 2.81. The standard InChI is InChI=1S/C15H18F2N2O3/c1-9(4-5-20)18-15(22)10-6-14(21)19(8-10)13-3-2-11(16)7-12(13)17/h2-3,7,9-10,20H,4-6,8H2,1H3,(H,18,22). The van der Waals surface area contributed by atoms with E-state index >= 15 is 0 Å². The van der Waals surface area contributed by atoms with Gasteiger partial charge in [-0.1, -0.05) is 0 Å². The van der Waals surface area contributed by atoms with Gasteiger partial charge in [-0.15, -0.1) is 0 Å². The number of nitrogens with one attached hydrogen (secondary N) is 1. The summed E-state index contributed by atoms with van der Waals surface area (Å²) in [5.74, 6) is -2.82. The van der Waals surface area contributed by atoms with E-state index < -0.39 is 17.6 Å². The van der Waals surface area contributed by atoms with Crippen LogP contribution < -0.4 is 10.2 Å². The van der Waals surface area contributed by atoms with Crippen molar-refractivity contribution in [1.29, 1.82) is 0 Å². The number of carbonyl (C=O) groups excluding carboxylic acids is 2. The summed E-state index contributed by atoms with van der Waals surface area (Å²) >= 11 is 0. The van der Waals surface area contributed by atoms with Crippen LogP contribution in [0.15, 0.2) is 18.2 Å². The number of carbonyl (C=O) groups is 2. The molecule has 0 spiro atoms. The Labute approximate surface area is 126 Å². The van der Waals surface area contributed by atoms with E-state index in [2.05, 4.69) is 5.32 Å². The summed E-state index contributed by atoms with van der Waals surface area (Å²) in [4.78, 5) is 25.2. The Morgan fingerprint density at radius 3 is 2.86 bits per heavy atom. The number of nitrogens with zero attached hydrogens (tertiary/aromatic N) is 1. The average molecular weight is 312 g/mol. The van der Waals surface area contributed by atoms with Gasteiger partial charge in [0.05, 0.1) is 11.6 Å². The highest BCUT2D eigenvalue weighted by molar-refractivity contribution is 6.00. The number of amides is 2. The van der Waals surface area contributed by atoms with Crippen molar-refractivity contribution in [2.24, 2.45) is 5.92 Å². The van der Waals surface area contributed by atoms with E-state index in [0.29, 0.717) is 12.5 Å². The first kappa shape index (κ1) is 16.4. The number of hydrogen-bond acceptors (Lipinski definition) is 3. The van der Waals surface area contributed by atoms with Crippen molar-refractivity contribution in [2.75, 3.05) is 18.1 Å². The molecule has 0 aromatic heterocycles. The first-order chi connectivity index (χ1) is 10.4. The van der Waals surface area contributed by atoms with E-state index in [1.165, 1.54) is 6.07 Å². The second kappa shape index (κ2) is 6.83. The lowest BCUT2D eigenvalue weighted by Crippen LogP contribution is -2.38. The molecule has 1 aromatic rings. The lowest BCUT2D eigenvalue weighted by Gasteiger charge is -2.18. The maximum Gasteiger partial charge on any atom is 0.227 e. The van der Waals surface area contributed by atoms with Gasteiger partial charge in [0.1, 0.15) is 11.6 Å². The molecule has 0 radical (unpaired) electrons. The zero-order valence-electron chi connectivity index (χ0n) is 12.2. The fraction of sp³-hybridized carbons (Fsp3) is 0.467. The Morgan fingerprint density at radius 1 is 1.50 bits per heavy atom. The van der Waals surface area contributed by atoms with Gasteiger partial charge in [-0.3, -0.25) is 9.59 Å². The van der Waals surface area contributed by atoms with Crippen LogP contribution in [0.1, 0.15) is 19.8 Å². The van der Waals surface area contributed by atoms with Gasteiger partial charge in [-0.05, 0) is 25.5 Å². The van der Waals surface area contributed by atoms with Crippen molar-refractivity contribution in [3.05, 3.63) is 29.8 Å². The lowest BCUT2D eigenvalue weighted by atomic mass is 10.1. The van der Waals surface area contributed by atoms with Crippen molar-refractivity contribution >= 4 is 17.5 Å². The van der Waals surface area contributed by atoms with Crippen molar-refractivity contribution in [3.63, 3.8) is 0 Å². The topological polar surface area (TPSA) is 69.6 Å². The summed E-state index contributed by atoms with van der Waals surface area (Å²) in [6.45, 7) is 1.76. The molecule has 0 saturated carbocycles. The second-order valence-corrected chi connectivity index (χ2v) is 5.42. The molecule has 5 nitrogen and oxygen atoms in total. The lowest BCUT2D eigenvalue weighted by molar-refractivity contribution is -0.126. The highest BCUT2D eigenvalue weighted by Gasteiger charge is 2.36. The highest BCUT2D eigenvalue weighted by Crippen LogP contribution is 2.28. The fourth-order valence-electron chi connectivity index (χ4n) is 2.44. The quantitative estimate of drug-likeness (QED) is 0.858. The minimum absolute atomic E-state index is 0.0194. The summed E-state index contributed by atoms with van der Waals surface area (Å²) in [5, 5.41) is 11.5. The monoisotopic (exact) mass is 312 g/mol. The Balaban J connectivity index is 2.06. The predicted octanol–water partition coefficient (Wildman–Crippen LogP) is 1.20. The molecule has 1 aliphatic rings. The summed E-state index contributed by atoms with van der Waals surface area (Å²) in [6, 6.07) is 2.77. The van der Waals surface area contributed by atoms with E-state index in [0.717, 1.165) is 11.0 Å². The van der Waals surface area contributed by atoms with E-state index in [1.807, 2.05) is 0 Å².